The summed E-state index contributed by atoms with van der Waals surface area (Å²) in [4.78, 5) is 0. The van der Waals surface area contributed by atoms with Crippen LogP contribution in [0, 0.1) is 5.92 Å². The standard InChI is InChI=1S/C7H14O3/c1-5-2-7(9)6(3-8)4-10-5/h5-9H,2-4H2,1H3/t5-,6+,7+/m1/s1. The molecule has 10 heavy (non-hydrogen) atoms. The predicted molar refractivity (Wildman–Crippen MR) is 36.6 cm³/mol. The Morgan fingerprint density at radius 1 is 1.60 bits per heavy atom. The fraction of sp³-hybridized carbons (Fsp3) is 1.00. The van der Waals surface area contributed by atoms with Gasteiger partial charge in [0, 0.05) is 5.92 Å². The van der Waals surface area contributed by atoms with Crippen molar-refractivity contribution in [3.63, 3.8) is 0 Å². The van der Waals surface area contributed by atoms with Gasteiger partial charge in [-0.15, -0.1) is 0 Å². The van der Waals surface area contributed by atoms with Gasteiger partial charge in [-0.2, -0.15) is 0 Å². The van der Waals surface area contributed by atoms with E-state index in [-0.39, 0.29) is 24.7 Å². The van der Waals surface area contributed by atoms with Crippen LogP contribution < -0.4 is 0 Å². The largest absolute Gasteiger partial charge is 0.396 e. The lowest BCUT2D eigenvalue weighted by Crippen LogP contribution is -2.37. The van der Waals surface area contributed by atoms with Gasteiger partial charge in [0.05, 0.1) is 25.4 Å². The van der Waals surface area contributed by atoms with Crippen LogP contribution in [0.2, 0.25) is 0 Å². The fourth-order valence-corrected chi connectivity index (χ4v) is 1.17. The van der Waals surface area contributed by atoms with Crippen molar-refractivity contribution in [2.75, 3.05) is 13.2 Å². The van der Waals surface area contributed by atoms with Crippen LogP contribution in [0.1, 0.15) is 13.3 Å². The summed E-state index contributed by atoms with van der Waals surface area (Å²) in [6.45, 7) is 2.43. The third-order valence-corrected chi connectivity index (χ3v) is 1.95. The maximum absolute atomic E-state index is 9.30. The van der Waals surface area contributed by atoms with Gasteiger partial charge in [0.1, 0.15) is 0 Å². The first-order valence-electron chi connectivity index (χ1n) is 3.64. The van der Waals surface area contributed by atoms with Gasteiger partial charge in [0.15, 0.2) is 0 Å². The molecule has 0 aliphatic carbocycles. The van der Waals surface area contributed by atoms with E-state index >= 15 is 0 Å². The molecule has 3 nitrogen and oxygen atoms in total. The van der Waals surface area contributed by atoms with E-state index in [0.29, 0.717) is 13.0 Å². The minimum atomic E-state index is -0.381. The molecule has 0 aromatic carbocycles. The third-order valence-electron chi connectivity index (χ3n) is 1.95. The summed E-state index contributed by atoms with van der Waals surface area (Å²) in [6.07, 6.45) is 0.400. The molecule has 3 atom stereocenters. The molecule has 1 saturated heterocycles. The van der Waals surface area contributed by atoms with Gasteiger partial charge in [-0.1, -0.05) is 0 Å². The molecule has 0 aromatic heterocycles. The van der Waals surface area contributed by atoms with Crippen molar-refractivity contribution in [3.05, 3.63) is 0 Å². The van der Waals surface area contributed by atoms with Crippen LogP contribution in [0.15, 0.2) is 0 Å². The van der Waals surface area contributed by atoms with Crippen LogP contribution in [-0.4, -0.2) is 35.6 Å². The highest BCUT2D eigenvalue weighted by molar-refractivity contribution is 4.75. The molecule has 1 aliphatic rings. The number of hydrogen-bond acceptors (Lipinski definition) is 3. The van der Waals surface area contributed by atoms with Crippen LogP contribution in [0.4, 0.5) is 0 Å². The molecule has 0 radical (unpaired) electrons. The van der Waals surface area contributed by atoms with Crippen LogP contribution in [0.5, 0.6) is 0 Å². The van der Waals surface area contributed by atoms with Gasteiger partial charge in [-0.3, -0.25) is 0 Å². The molecule has 0 saturated carbocycles. The van der Waals surface area contributed by atoms with E-state index in [1.165, 1.54) is 0 Å². The second-order valence-electron chi connectivity index (χ2n) is 2.89. The topological polar surface area (TPSA) is 49.7 Å². The Labute approximate surface area is 60.6 Å². The predicted octanol–water partition coefficient (Wildman–Crippen LogP) is -0.235. The Hall–Kier alpha value is -0.120. The van der Waals surface area contributed by atoms with Gasteiger partial charge in [0.2, 0.25) is 0 Å². The van der Waals surface area contributed by atoms with Crippen molar-refractivity contribution in [3.8, 4) is 0 Å². The molecule has 1 aliphatic heterocycles. The van der Waals surface area contributed by atoms with E-state index in [4.69, 9.17) is 9.84 Å². The van der Waals surface area contributed by atoms with E-state index in [0.717, 1.165) is 0 Å². The molecule has 0 unspecified atom stereocenters. The highest BCUT2D eigenvalue weighted by Crippen LogP contribution is 2.18. The summed E-state index contributed by atoms with van der Waals surface area (Å²) >= 11 is 0. The molecular formula is C7H14O3. The zero-order chi connectivity index (χ0) is 7.56. The van der Waals surface area contributed by atoms with E-state index < -0.39 is 0 Å². The Morgan fingerprint density at radius 2 is 2.30 bits per heavy atom. The number of rotatable bonds is 1. The molecule has 0 aromatic rings. The molecule has 1 heterocycles. The van der Waals surface area contributed by atoms with Crippen molar-refractivity contribution in [2.24, 2.45) is 5.92 Å². The Morgan fingerprint density at radius 3 is 2.80 bits per heavy atom. The van der Waals surface area contributed by atoms with Crippen LogP contribution in [0.25, 0.3) is 0 Å². The molecule has 0 spiro atoms. The second-order valence-corrected chi connectivity index (χ2v) is 2.89. The van der Waals surface area contributed by atoms with Crippen LogP contribution >= 0.6 is 0 Å². The van der Waals surface area contributed by atoms with Crippen molar-refractivity contribution in [2.45, 2.75) is 25.6 Å². The first-order chi connectivity index (χ1) is 4.74. The lowest BCUT2D eigenvalue weighted by atomic mass is 9.96. The van der Waals surface area contributed by atoms with Crippen molar-refractivity contribution in [1.82, 2.24) is 0 Å². The third kappa shape index (κ3) is 1.68. The van der Waals surface area contributed by atoms with Gasteiger partial charge in [-0.05, 0) is 13.3 Å². The van der Waals surface area contributed by atoms with Crippen molar-refractivity contribution in [1.29, 1.82) is 0 Å². The van der Waals surface area contributed by atoms with Gasteiger partial charge in [0.25, 0.3) is 0 Å². The van der Waals surface area contributed by atoms with E-state index in [1.54, 1.807) is 0 Å². The van der Waals surface area contributed by atoms with Gasteiger partial charge in [-0.25, -0.2) is 0 Å². The first kappa shape index (κ1) is 7.98. The molecule has 0 amide bonds. The quantitative estimate of drug-likeness (QED) is 0.537. The highest BCUT2D eigenvalue weighted by Gasteiger charge is 2.26. The van der Waals surface area contributed by atoms with E-state index in [1.807, 2.05) is 6.92 Å². The molecule has 3 heteroatoms. The molecule has 2 N–H and O–H groups in total. The zero-order valence-corrected chi connectivity index (χ0v) is 6.16. The summed E-state index contributed by atoms with van der Waals surface area (Å²) in [5.41, 5.74) is 0. The lowest BCUT2D eigenvalue weighted by molar-refractivity contribution is -0.0888. The normalized spacial score (nSPS) is 41.7. The summed E-state index contributed by atoms with van der Waals surface area (Å²) < 4.78 is 5.23. The zero-order valence-electron chi connectivity index (χ0n) is 6.16. The summed E-state index contributed by atoms with van der Waals surface area (Å²) in [6, 6.07) is 0. The summed E-state index contributed by atoms with van der Waals surface area (Å²) in [5.74, 6) is -0.0730. The second kappa shape index (κ2) is 3.32. The number of hydrogen-bond donors (Lipinski definition) is 2. The van der Waals surface area contributed by atoms with Crippen LogP contribution in [0.3, 0.4) is 0 Å². The maximum Gasteiger partial charge on any atom is 0.0637 e. The minimum absolute atomic E-state index is 0.0217. The van der Waals surface area contributed by atoms with E-state index in [2.05, 4.69) is 0 Å². The molecular weight excluding hydrogens is 132 g/mol. The number of aliphatic hydroxyl groups excluding tert-OH is 2. The van der Waals surface area contributed by atoms with Gasteiger partial charge >= 0.3 is 0 Å². The Balaban J connectivity index is 2.36. The first-order valence-corrected chi connectivity index (χ1v) is 3.64. The smallest absolute Gasteiger partial charge is 0.0637 e. The average molecular weight is 146 g/mol. The minimum Gasteiger partial charge on any atom is -0.396 e. The molecule has 60 valence electrons. The SMILES string of the molecule is C[C@@H]1C[C@H](O)[C@@H](CO)CO1. The molecule has 1 fully saturated rings. The Kier molecular flexibility index (Phi) is 2.65. The summed E-state index contributed by atoms with van der Waals surface area (Å²) in [7, 11) is 0. The number of aliphatic hydroxyl groups is 2. The Bertz CT molecular complexity index is 105. The van der Waals surface area contributed by atoms with Crippen LogP contribution in [-0.2, 0) is 4.74 Å². The highest BCUT2D eigenvalue weighted by atomic mass is 16.5. The maximum atomic E-state index is 9.30. The lowest BCUT2D eigenvalue weighted by Gasteiger charge is -2.30. The molecule has 1 rings (SSSR count). The van der Waals surface area contributed by atoms with Crippen molar-refractivity contribution < 1.29 is 14.9 Å². The summed E-state index contributed by atoms with van der Waals surface area (Å²) in [5, 5.41) is 18.0. The van der Waals surface area contributed by atoms with Crippen molar-refractivity contribution >= 4 is 0 Å². The average Bonchev–Trinajstić information content (AvgIpc) is 1.88. The van der Waals surface area contributed by atoms with E-state index in [9.17, 15) is 5.11 Å². The fourth-order valence-electron chi connectivity index (χ4n) is 1.17. The molecule has 0 bridgehead atoms. The number of ether oxygens (including phenoxy) is 1. The monoisotopic (exact) mass is 146 g/mol. The van der Waals surface area contributed by atoms with Gasteiger partial charge < -0.3 is 14.9 Å².